The molecule has 8 heavy (non-hydrogen) atoms. The molecule has 0 rings (SSSR count). The quantitative estimate of drug-likeness (QED) is 0.485. The minimum absolute atomic E-state index is 0. The second kappa shape index (κ2) is 9.10. The van der Waals surface area contributed by atoms with Gasteiger partial charge in [-0.25, -0.2) is 0 Å². The van der Waals surface area contributed by atoms with Gasteiger partial charge in [-0.2, -0.15) is 0 Å². The summed E-state index contributed by atoms with van der Waals surface area (Å²) >= 11 is -5.25. The third-order valence-corrected chi connectivity index (χ3v) is 0. The van der Waals surface area contributed by atoms with Crippen molar-refractivity contribution in [2.24, 2.45) is 0 Å². The van der Waals surface area contributed by atoms with Gasteiger partial charge < -0.3 is 8.33 Å². The monoisotopic (exact) mass is 332 g/mol. The van der Waals surface area contributed by atoms with Crippen molar-refractivity contribution < 1.29 is 54.9 Å². The van der Waals surface area contributed by atoms with E-state index in [9.17, 15) is 0 Å². The van der Waals surface area contributed by atoms with Gasteiger partial charge in [0.1, 0.15) is 0 Å². The Morgan fingerprint density at radius 1 is 1.25 bits per heavy atom. The van der Waals surface area contributed by atoms with Gasteiger partial charge in [0, 0.05) is 17.1 Å². The van der Waals surface area contributed by atoms with Crippen LogP contribution < -0.4 is 0 Å². The fraction of sp³-hybridized carbons (Fsp3) is 0. The molecule has 0 saturated heterocycles. The maximum absolute atomic E-state index is 8.82. The van der Waals surface area contributed by atoms with Crippen molar-refractivity contribution in [1.82, 2.24) is 0 Å². The molecule has 5 nitrogen and oxygen atoms in total. The van der Waals surface area contributed by atoms with Crippen LogP contribution in [0.2, 0.25) is 0 Å². The van der Waals surface area contributed by atoms with Crippen molar-refractivity contribution in [3.63, 3.8) is 0 Å². The second-order valence-corrected chi connectivity index (χ2v) is 1.85. The van der Waals surface area contributed by atoms with E-state index in [1.54, 1.807) is 0 Å². The van der Waals surface area contributed by atoms with Crippen LogP contribution in [-0.4, -0.2) is 62.7 Å². The second-order valence-electron chi connectivity index (χ2n) is 0.448. The average Bonchev–Trinajstić information content (AvgIpc) is 0.722. The molecule has 0 aliphatic heterocycles. The molecule has 0 radical (unpaired) electrons. The Morgan fingerprint density at radius 2 is 1.25 bits per heavy atom. The summed E-state index contributed by atoms with van der Waals surface area (Å²) in [5, 5.41) is 0. The zero-order valence-electron chi connectivity index (χ0n) is 5.68. The summed E-state index contributed by atoms with van der Waals surface area (Å²) in [7, 11) is 0. The Kier molecular flexibility index (Phi) is 25.6. The van der Waals surface area contributed by atoms with E-state index < -0.39 is 13.6 Å². The summed E-state index contributed by atoms with van der Waals surface area (Å²) in [6.45, 7) is 0. The van der Waals surface area contributed by atoms with Gasteiger partial charge >= 0.3 is 78.4 Å². The van der Waals surface area contributed by atoms with Crippen molar-refractivity contribution >= 4 is 48.9 Å². The van der Waals surface area contributed by atoms with E-state index in [0.717, 1.165) is 0 Å². The van der Waals surface area contributed by atoms with E-state index in [2.05, 4.69) is 0 Å². The van der Waals surface area contributed by atoms with Crippen molar-refractivity contribution in [2.45, 2.75) is 0 Å². The first-order valence-corrected chi connectivity index (χ1v) is 2.88. The first kappa shape index (κ1) is 22.5. The molecule has 0 atom stereocenters. The number of hydrogen-bond donors (Lipinski definition) is 2. The van der Waals surface area contributed by atoms with Crippen LogP contribution in [-0.2, 0) is 38.3 Å². The molecule has 52 valence electrons. The van der Waals surface area contributed by atoms with Crippen LogP contribution in [0.3, 0.4) is 0 Å². The zero-order valence-corrected chi connectivity index (χ0v) is 10.5. The van der Waals surface area contributed by atoms with Crippen molar-refractivity contribution in [3.05, 3.63) is 0 Å². The van der Waals surface area contributed by atoms with Gasteiger partial charge in [0.2, 0.25) is 0 Å². The molecule has 0 aliphatic rings. The standard InChI is InChI=1S/Ba.Cr.Fe.3H2O.2O.2H/h;;;3*1H2;;;;/q2*+2;;;;;;;2*-1/p-2. The van der Waals surface area contributed by atoms with Gasteiger partial charge in [-0.15, -0.1) is 0 Å². The van der Waals surface area contributed by atoms with Crippen LogP contribution in [0.5, 0.6) is 0 Å². The predicted molar refractivity (Wildman–Crippen MR) is 17.4 cm³/mol. The molecule has 0 aromatic rings. The first-order valence-electron chi connectivity index (χ1n) is 0.698. The number of hydrogen-bond acceptors (Lipinski definition) is 2. The fourth-order valence-electron chi connectivity index (χ4n) is 0. The molecule has 0 aromatic carbocycles. The Balaban J connectivity index is -0.00000000800. The summed E-state index contributed by atoms with van der Waals surface area (Å²) < 4.78 is 31.9. The Labute approximate surface area is 102 Å². The van der Waals surface area contributed by atoms with Crippen LogP contribution in [0.25, 0.3) is 0 Å². The molecule has 0 amide bonds. The van der Waals surface area contributed by atoms with Gasteiger partial charge in [-0.1, -0.05) is 0 Å². The van der Waals surface area contributed by atoms with Gasteiger partial charge in [0.25, 0.3) is 0 Å². The molecule has 0 fully saturated rings. The minimum atomic E-state index is -5.25. The van der Waals surface area contributed by atoms with Crippen LogP contribution in [0.15, 0.2) is 0 Å². The van der Waals surface area contributed by atoms with Gasteiger partial charge in [0.05, 0.1) is 0 Å². The van der Waals surface area contributed by atoms with Crippen LogP contribution in [0.4, 0.5) is 0 Å². The average molecular weight is 331 g/mol. The Morgan fingerprint density at radius 3 is 1.25 bits per heavy atom. The van der Waals surface area contributed by atoms with E-state index in [4.69, 9.17) is 15.9 Å². The third kappa shape index (κ3) is 92.4. The van der Waals surface area contributed by atoms with Gasteiger partial charge in [-0.05, 0) is 0 Å². The van der Waals surface area contributed by atoms with E-state index >= 15 is 0 Å². The molecule has 4 N–H and O–H groups in total. The van der Waals surface area contributed by atoms with Crippen LogP contribution >= 0.6 is 0 Å². The Hall–Kier alpha value is 2.10. The summed E-state index contributed by atoms with van der Waals surface area (Å²) in [5.41, 5.74) is 0. The van der Waals surface area contributed by atoms with Crippen LogP contribution in [0.1, 0.15) is 2.85 Å². The Bertz CT molecular complexity index is 103. The molecule has 0 spiro atoms. The first-order chi connectivity index (χ1) is 2.00. The normalized spacial score (nSPS) is 7.25. The molecule has 0 heterocycles. The van der Waals surface area contributed by atoms with Crippen molar-refractivity contribution in [2.75, 3.05) is 0 Å². The molecule has 0 saturated carbocycles. The van der Waals surface area contributed by atoms with Crippen LogP contribution in [0, 0.1) is 0 Å². The molecule has 0 unspecified atom stereocenters. The molecule has 8 heteroatoms. The zero-order chi connectivity index (χ0) is 4.50. The topological polar surface area (TPSA) is 106 Å². The number of rotatable bonds is 0. The maximum atomic E-state index is 8.82. The predicted octanol–water partition coefficient (Wildman–Crippen LogP) is -2.34. The van der Waals surface area contributed by atoms with E-state index in [-0.39, 0.29) is 74.3 Å². The van der Waals surface area contributed by atoms with Crippen molar-refractivity contribution in [3.8, 4) is 0 Å². The molecule has 0 aromatic heterocycles. The van der Waals surface area contributed by atoms with E-state index in [1.807, 2.05) is 0 Å². The summed E-state index contributed by atoms with van der Waals surface area (Å²) in [6.07, 6.45) is 0. The molecular weight excluding hydrogens is 325 g/mol. The summed E-state index contributed by atoms with van der Waals surface area (Å²) in [4.78, 5) is 0. The molecule has 0 aliphatic carbocycles. The SMILES string of the molecule is O.[Ba+2].[Fe].[H-].[H-].[O]=[Cr](=[O])([OH])[OH]. The fourth-order valence-corrected chi connectivity index (χ4v) is 0. The molecular formula is H6BaCrFeO5. The summed E-state index contributed by atoms with van der Waals surface area (Å²) in [6, 6.07) is 0. The summed E-state index contributed by atoms with van der Waals surface area (Å²) in [5.74, 6) is 0. The molecule has 0 bridgehead atoms. The van der Waals surface area contributed by atoms with Crippen molar-refractivity contribution in [1.29, 1.82) is 0 Å². The van der Waals surface area contributed by atoms with E-state index in [1.165, 1.54) is 0 Å². The van der Waals surface area contributed by atoms with Gasteiger partial charge in [0.15, 0.2) is 0 Å². The van der Waals surface area contributed by atoms with Gasteiger partial charge in [-0.3, -0.25) is 0 Å². The van der Waals surface area contributed by atoms with E-state index in [0.29, 0.717) is 0 Å². The third-order valence-electron chi connectivity index (χ3n) is 0.